The zero-order valence-corrected chi connectivity index (χ0v) is 31.5. The minimum atomic E-state index is -1.01. The number of aromatic hydroxyl groups is 1. The van der Waals surface area contributed by atoms with Crippen LogP contribution in [0.4, 0.5) is 14.6 Å². The molecule has 10 nitrogen and oxygen atoms in total. The summed E-state index contributed by atoms with van der Waals surface area (Å²) in [6.45, 7) is 8.34. The minimum Gasteiger partial charge on any atom is -0.508 e. The number of pyridine rings is 1. The summed E-state index contributed by atoms with van der Waals surface area (Å²) in [5.74, 6) is 1.10. The third-order valence-corrected chi connectivity index (χ3v) is 12.3. The Balaban J connectivity index is 1.24. The number of terminal acetylenes is 1. The first-order chi connectivity index (χ1) is 25.9. The van der Waals surface area contributed by atoms with Crippen LogP contribution in [-0.2, 0) is 4.74 Å². The second kappa shape index (κ2) is 14.1. The molecule has 8 rings (SSSR count). The number of anilines is 1. The Kier molecular flexibility index (Phi) is 9.56. The standard InChI is InChI=1S/C42H49F2N5O5/c1-6-29-31(43)12-11-26-20-28(50)21-30(33(26)29)36-35(44)37-34(39(45-36)52-5)38(48-16-8-13-41(4,51)22-48)47-40(46-37)53-23-42-14-7-10-32(42)49(17-9-15-42)27-18-24(2)54-25(3)19-27/h1,11-12,20-21,24-25,27,32,50-51H,7-10,13-19,22-23H2,2-5H3/t24-,25+,27?,32-,41-,42-/m1/s1. The first-order valence-corrected chi connectivity index (χ1v) is 19.3. The normalized spacial score (nSPS) is 29.0. The molecular weight excluding hydrogens is 692 g/mol. The molecule has 1 aliphatic carbocycles. The molecule has 6 atom stereocenters. The zero-order chi connectivity index (χ0) is 37.9. The number of fused-ring (bicyclic) bond motifs is 3. The van der Waals surface area contributed by atoms with E-state index < -0.39 is 17.2 Å². The van der Waals surface area contributed by atoms with Crippen molar-refractivity contribution in [3.05, 3.63) is 41.5 Å². The predicted molar refractivity (Wildman–Crippen MR) is 203 cm³/mol. The van der Waals surface area contributed by atoms with Crippen LogP contribution in [0.25, 0.3) is 32.9 Å². The highest BCUT2D eigenvalue weighted by molar-refractivity contribution is 6.04. The van der Waals surface area contributed by atoms with Gasteiger partial charge in [0.25, 0.3) is 0 Å². The lowest BCUT2D eigenvalue weighted by molar-refractivity contribution is -0.0967. The molecule has 4 fully saturated rings. The SMILES string of the molecule is C#Cc1c(F)ccc2cc(O)cc(-c3nc(OC)c4c(N5CCC[C@@](C)(O)C5)nc(OC[C@]56CCC[C@H]5N(C5C[C@@H](C)O[C@@H](C)C5)CCC6)nc4c3F)c12. The van der Waals surface area contributed by atoms with Gasteiger partial charge in [-0.05, 0) is 102 Å². The quantitative estimate of drug-likeness (QED) is 0.190. The molecular formula is C42H49F2N5O5. The van der Waals surface area contributed by atoms with Crippen LogP contribution in [0.2, 0.25) is 0 Å². The van der Waals surface area contributed by atoms with E-state index in [0.717, 1.165) is 51.5 Å². The topological polar surface area (TPSA) is 113 Å². The van der Waals surface area contributed by atoms with E-state index in [1.54, 1.807) is 6.92 Å². The smallest absolute Gasteiger partial charge is 0.319 e. The third-order valence-electron chi connectivity index (χ3n) is 12.3. The van der Waals surface area contributed by atoms with Gasteiger partial charge < -0.3 is 29.3 Å². The number of aliphatic hydroxyl groups is 1. The molecule has 54 heavy (non-hydrogen) atoms. The summed E-state index contributed by atoms with van der Waals surface area (Å²) in [5, 5.41) is 22.7. The fraction of sp³-hybridized carbons (Fsp3) is 0.548. The molecule has 1 unspecified atom stereocenters. The van der Waals surface area contributed by atoms with Gasteiger partial charge in [-0.1, -0.05) is 18.4 Å². The summed E-state index contributed by atoms with van der Waals surface area (Å²) in [6.07, 6.45) is 14.8. The van der Waals surface area contributed by atoms with Crippen molar-refractivity contribution >= 4 is 27.5 Å². The van der Waals surface area contributed by atoms with E-state index >= 15 is 8.78 Å². The van der Waals surface area contributed by atoms with Crippen molar-refractivity contribution < 1.29 is 33.2 Å². The van der Waals surface area contributed by atoms with Crippen LogP contribution in [0.5, 0.6) is 17.6 Å². The number of likely N-dealkylation sites (tertiary alicyclic amines) is 1. The largest absolute Gasteiger partial charge is 0.508 e. The number of phenolic OH excluding ortho intramolecular Hbond substituents is 1. The first-order valence-electron chi connectivity index (χ1n) is 19.3. The number of β-amino-alcohol motifs (C(OH)–C–C–N with tert-alkyl or cyclic N) is 1. The van der Waals surface area contributed by atoms with Crippen LogP contribution < -0.4 is 14.4 Å². The average Bonchev–Trinajstić information content (AvgIpc) is 3.58. The average molecular weight is 742 g/mol. The van der Waals surface area contributed by atoms with E-state index in [4.69, 9.17) is 30.6 Å². The maximum atomic E-state index is 17.3. The van der Waals surface area contributed by atoms with Crippen molar-refractivity contribution in [3.8, 4) is 41.2 Å². The van der Waals surface area contributed by atoms with Gasteiger partial charge in [-0.25, -0.2) is 13.8 Å². The van der Waals surface area contributed by atoms with Crippen LogP contribution in [0, 0.1) is 29.4 Å². The number of hydrogen-bond acceptors (Lipinski definition) is 10. The number of benzene rings is 2. The van der Waals surface area contributed by atoms with Crippen LogP contribution in [0.15, 0.2) is 24.3 Å². The van der Waals surface area contributed by atoms with Crippen LogP contribution in [0.3, 0.4) is 0 Å². The van der Waals surface area contributed by atoms with Gasteiger partial charge in [-0.2, -0.15) is 9.97 Å². The van der Waals surface area contributed by atoms with E-state index in [-0.39, 0.29) is 74.9 Å². The Morgan fingerprint density at radius 1 is 1.02 bits per heavy atom. The van der Waals surface area contributed by atoms with Gasteiger partial charge in [-0.3, -0.25) is 4.90 Å². The molecule has 5 heterocycles. The fourth-order valence-electron chi connectivity index (χ4n) is 10.1. The molecule has 4 aliphatic rings. The van der Waals surface area contributed by atoms with E-state index in [0.29, 0.717) is 49.3 Å². The molecule has 2 N–H and O–H groups in total. The van der Waals surface area contributed by atoms with Gasteiger partial charge >= 0.3 is 6.01 Å². The second-order valence-corrected chi connectivity index (χ2v) is 16.3. The lowest BCUT2D eigenvalue weighted by Crippen LogP contribution is -2.57. The lowest BCUT2D eigenvalue weighted by Gasteiger charge is -2.51. The van der Waals surface area contributed by atoms with Crippen molar-refractivity contribution in [2.75, 3.05) is 38.3 Å². The van der Waals surface area contributed by atoms with Crippen LogP contribution in [0.1, 0.15) is 84.1 Å². The second-order valence-electron chi connectivity index (χ2n) is 16.3. The van der Waals surface area contributed by atoms with Crippen molar-refractivity contribution in [2.24, 2.45) is 5.41 Å². The maximum Gasteiger partial charge on any atom is 0.319 e. The summed E-state index contributed by atoms with van der Waals surface area (Å²) in [4.78, 5) is 18.9. The molecule has 2 aromatic heterocycles. The number of aromatic nitrogens is 3. The summed E-state index contributed by atoms with van der Waals surface area (Å²) in [5.41, 5.74) is -1.43. The van der Waals surface area contributed by atoms with Gasteiger partial charge in [0.05, 0.1) is 37.1 Å². The van der Waals surface area contributed by atoms with Crippen molar-refractivity contribution in [3.63, 3.8) is 0 Å². The molecule has 12 heteroatoms. The molecule has 3 saturated heterocycles. The molecule has 0 radical (unpaired) electrons. The van der Waals surface area contributed by atoms with Gasteiger partial charge in [-0.15, -0.1) is 6.42 Å². The Hall–Kier alpha value is -4.31. The van der Waals surface area contributed by atoms with E-state index in [9.17, 15) is 10.2 Å². The number of hydrogen-bond donors (Lipinski definition) is 2. The van der Waals surface area contributed by atoms with E-state index in [1.807, 2.05) is 4.90 Å². The van der Waals surface area contributed by atoms with Crippen molar-refractivity contribution in [1.82, 2.24) is 19.9 Å². The molecule has 0 bridgehead atoms. The summed E-state index contributed by atoms with van der Waals surface area (Å²) < 4.78 is 50.9. The molecule has 4 aromatic rings. The Morgan fingerprint density at radius 3 is 2.52 bits per heavy atom. The first kappa shape index (κ1) is 36.7. The Morgan fingerprint density at radius 2 is 1.78 bits per heavy atom. The number of halogens is 2. The number of rotatable bonds is 7. The van der Waals surface area contributed by atoms with E-state index in [1.165, 1.54) is 31.4 Å². The van der Waals surface area contributed by atoms with Gasteiger partial charge in [0.15, 0.2) is 5.82 Å². The fourth-order valence-corrected chi connectivity index (χ4v) is 10.1. The number of phenols is 1. The van der Waals surface area contributed by atoms with E-state index in [2.05, 4.69) is 29.7 Å². The van der Waals surface area contributed by atoms with Crippen LogP contribution in [-0.4, -0.2) is 93.3 Å². The minimum absolute atomic E-state index is 0.0161. The predicted octanol–water partition coefficient (Wildman–Crippen LogP) is 7.14. The Bertz CT molecular complexity index is 2130. The van der Waals surface area contributed by atoms with Gasteiger partial charge in [0.2, 0.25) is 5.88 Å². The van der Waals surface area contributed by atoms with Crippen molar-refractivity contribution in [1.29, 1.82) is 0 Å². The summed E-state index contributed by atoms with van der Waals surface area (Å²) in [7, 11) is 1.42. The molecule has 0 spiro atoms. The molecule has 286 valence electrons. The zero-order valence-electron chi connectivity index (χ0n) is 31.5. The highest BCUT2D eigenvalue weighted by Gasteiger charge is 2.51. The Labute approximate surface area is 314 Å². The van der Waals surface area contributed by atoms with Crippen LogP contribution >= 0.6 is 0 Å². The highest BCUT2D eigenvalue weighted by Crippen LogP contribution is 2.50. The third kappa shape index (κ3) is 6.48. The highest BCUT2D eigenvalue weighted by atomic mass is 19.1. The number of methoxy groups -OCH3 is 1. The number of nitrogens with zero attached hydrogens (tertiary/aromatic N) is 5. The summed E-state index contributed by atoms with van der Waals surface area (Å²) >= 11 is 0. The van der Waals surface area contributed by atoms with Crippen molar-refractivity contribution in [2.45, 2.75) is 108 Å². The number of ether oxygens (including phenoxy) is 3. The molecule has 3 aliphatic heterocycles. The maximum absolute atomic E-state index is 17.3. The molecule has 2 aromatic carbocycles. The summed E-state index contributed by atoms with van der Waals surface area (Å²) in [6, 6.07) is 6.26. The van der Waals surface area contributed by atoms with Gasteiger partial charge in [0.1, 0.15) is 34.0 Å². The van der Waals surface area contributed by atoms with Gasteiger partial charge in [0, 0.05) is 41.5 Å². The monoisotopic (exact) mass is 741 g/mol. The molecule has 1 saturated carbocycles. The number of piperidine rings is 2. The lowest BCUT2D eigenvalue weighted by atomic mass is 9.74. The molecule has 0 amide bonds.